The molecule has 0 saturated carbocycles. The van der Waals surface area contributed by atoms with Gasteiger partial charge in [-0.2, -0.15) is 0 Å². The van der Waals surface area contributed by atoms with E-state index in [1.807, 2.05) is 0 Å². The monoisotopic (exact) mass is 149 g/mol. The van der Waals surface area contributed by atoms with E-state index in [4.69, 9.17) is 12.8 Å². The van der Waals surface area contributed by atoms with Crippen molar-refractivity contribution < 1.29 is 9.84 Å². The van der Waals surface area contributed by atoms with Gasteiger partial charge in [0.1, 0.15) is 0 Å². The van der Waals surface area contributed by atoms with Crippen LogP contribution in [0, 0.1) is 24.7 Å². The number of methoxy groups -OCH3 is 1. The molecule has 0 fully saturated rings. The summed E-state index contributed by atoms with van der Waals surface area (Å²) >= 11 is 0. The molecule has 2 nitrogen and oxygen atoms in total. The number of hydrogen-bond acceptors (Lipinski definition) is 2. The molecule has 0 spiro atoms. The molecule has 0 aromatic heterocycles. The summed E-state index contributed by atoms with van der Waals surface area (Å²) in [6, 6.07) is 0. The molecular weight excluding hydrogens is 140 g/mol. The third kappa shape index (κ3) is 3.23. The van der Waals surface area contributed by atoms with Crippen LogP contribution < -0.4 is 5.11 Å². The minimum absolute atomic E-state index is 0.261. The summed E-state index contributed by atoms with van der Waals surface area (Å²) in [6.45, 7) is 0. The zero-order valence-electron chi connectivity index (χ0n) is 6.39. The zero-order chi connectivity index (χ0) is 8.69. The fraction of sp³-hybridized carbons (Fsp3) is 0.333. The van der Waals surface area contributed by atoms with Crippen molar-refractivity contribution in [2.75, 3.05) is 7.11 Å². The van der Waals surface area contributed by atoms with Crippen molar-refractivity contribution in [2.24, 2.45) is 0 Å². The van der Waals surface area contributed by atoms with Crippen LogP contribution in [-0.2, 0) is 4.74 Å². The molecule has 11 heavy (non-hydrogen) atoms. The number of allylic oxidation sites excluding steroid dienone is 1. The lowest BCUT2D eigenvalue weighted by atomic mass is 10.1. The molecule has 0 radical (unpaired) electrons. The molecule has 0 heterocycles. The highest BCUT2D eigenvalue weighted by Crippen LogP contribution is 2.08. The summed E-state index contributed by atoms with van der Waals surface area (Å²) in [5, 5.41) is 10.8. The van der Waals surface area contributed by atoms with Gasteiger partial charge in [-0.15, -0.1) is 24.7 Å². The first-order chi connectivity index (χ1) is 5.26. The van der Waals surface area contributed by atoms with E-state index in [-0.39, 0.29) is 12.8 Å². The van der Waals surface area contributed by atoms with Gasteiger partial charge in [-0.05, 0) is 12.7 Å². The van der Waals surface area contributed by atoms with E-state index in [0.717, 1.165) is 0 Å². The lowest BCUT2D eigenvalue weighted by molar-refractivity contribution is -0.355. The van der Waals surface area contributed by atoms with Crippen molar-refractivity contribution in [3.05, 3.63) is 11.5 Å². The van der Waals surface area contributed by atoms with Crippen molar-refractivity contribution >= 4 is 0 Å². The molecule has 0 N–H and O–H groups in total. The second-order valence-electron chi connectivity index (χ2n) is 1.86. The number of rotatable bonds is 3. The molecule has 0 aliphatic carbocycles. The number of terminal acetylenes is 2. The van der Waals surface area contributed by atoms with E-state index < -0.39 is 5.95 Å². The summed E-state index contributed by atoms with van der Waals surface area (Å²) in [4.78, 5) is 0. The normalized spacial score (nSPS) is 7.55. The molecule has 0 aromatic carbocycles. The predicted octanol–water partition coefficient (Wildman–Crippen LogP) is 0.251. The second kappa shape index (κ2) is 5.26. The Morgan fingerprint density at radius 3 is 2.09 bits per heavy atom. The maximum atomic E-state index is 10.8. The highest BCUT2D eigenvalue weighted by molar-refractivity contribution is 5.16. The third-order valence-electron chi connectivity index (χ3n) is 1.10. The zero-order valence-corrected chi connectivity index (χ0v) is 6.39. The van der Waals surface area contributed by atoms with Crippen LogP contribution in [0.1, 0.15) is 12.8 Å². The summed E-state index contributed by atoms with van der Waals surface area (Å²) in [5.74, 6) is 4.25. The SMILES string of the molecule is C#CCC(CC#C)=C([O-])OC. The van der Waals surface area contributed by atoms with E-state index in [1.54, 1.807) is 0 Å². The Balaban J connectivity index is 4.35. The minimum atomic E-state index is -0.416. The van der Waals surface area contributed by atoms with Crippen molar-refractivity contribution in [1.82, 2.24) is 0 Å². The van der Waals surface area contributed by atoms with Crippen molar-refractivity contribution in [3.8, 4) is 24.7 Å². The van der Waals surface area contributed by atoms with E-state index in [9.17, 15) is 5.11 Å². The Labute approximate surface area is 66.9 Å². The van der Waals surface area contributed by atoms with Gasteiger partial charge in [-0.25, -0.2) is 0 Å². The summed E-state index contributed by atoms with van der Waals surface area (Å²) < 4.78 is 4.45. The fourth-order valence-electron chi connectivity index (χ4n) is 0.598. The van der Waals surface area contributed by atoms with Gasteiger partial charge in [0.2, 0.25) is 0 Å². The quantitative estimate of drug-likeness (QED) is 0.425. The average Bonchev–Trinajstić information content (AvgIpc) is 2.03. The first-order valence-corrected chi connectivity index (χ1v) is 3.06. The van der Waals surface area contributed by atoms with Crippen LogP contribution in [0.15, 0.2) is 11.5 Å². The van der Waals surface area contributed by atoms with E-state index >= 15 is 0 Å². The highest BCUT2D eigenvalue weighted by Gasteiger charge is 1.94. The molecule has 0 aliphatic heterocycles. The standard InChI is InChI=1S/C9H10O2/c1-4-6-8(7-5-2)9(10)11-3/h1-2,10H,6-7H2,3H3/p-1. The van der Waals surface area contributed by atoms with Gasteiger partial charge >= 0.3 is 0 Å². The number of hydrogen-bond donors (Lipinski definition) is 0. The summed E-state index contributed by atoms with van der Waals surface area (Å²) in [5.41, 5.74) is 0.456. The molecule has 0 aromatic rings. The van der Waals surface area contributed by atoms with Gasteiger partial charge in [0, 0.05) is 12.8 Å². The molecule has 0 saturated heterocycles. The van der Waals surface area contributed by atoms with Crippen LogP contribution in [0.25, 0.3) is 0 Å². The maximum Gasteiger partial charge on any atom is 0.0521 e. The van der Waals surface area contributed by atoms with Crippen LogP contribution in [0.5, 0.6) is 0 Å². The van der Waals surface area contributed by atoms with Crippen LogP contribution in [-0.4, -0.2) is 7.11 Å². The Kier molecular flexibility index (Phi) is 4.52. The molecular formula is C9H9O2-. The molecule has 58 valence electrons. The largest absolute Gasteiger partial charge is 0.617 e. The van der Waals surface area contributed by atoms with E-state index in [2.05, 4.69) is 16.6 Å². The van der Waals surface area contributed by atoms with Gasteiger partial charge in [0.25, 0.3) is 0 Å². The van der Waals surface area contributed by atoms with Crippen LogP contribution in [0.2, 0.25) is 0 Å². The molecule has 0 bridgehead atoms. The topological polar surface area (TPSA) is 32.3 Å². The molecule has 0 amide bonds. The molecule has 0 rings (SSSR count). The molecule has 0 atom stereocenters. The summed E-state index contributed by atoms with van der Waals surface area (Å²) in [6.07, 6.45) is 10.5. The Morgan fingerprint density at radius 2 is 1.82 bits per heavy atom. The van der Waals surface area contributed by atoms with Crippen molar-refractivity contribution in [3.63, 3.8) is 0 Å². The first kappa shape index (κ1) is 9.46. The number of ether oxygens (including phenoxy) is 1. The Morgan fingerprint density at radius 1 is 1.36 bits per heavy atom. The third-order valence-corrected chi connectivity index (χ3v) is 1.10. The van der Waals surface area contributed by atoms with Gasteiger partial charge in [-0.1, -0.05) is 0 Å². The van der Waals surface area contributed by atoms with Crippen molar-refractivity contribution in [1.29, 1.82) is 0 Å². The van der Waals surface area contributed by atoms with Crippen molar-refractivity contribution in [2.45, 2.75) is 12.8 Å². The second-order valence-corrected chi connectivity index (χ2v) is 1.86. The van der Waals surface area contributed by atoms with Crippen LogP contribution in [0.4, 0.5) is 0 Å². The van der Waals surface area contributed by atoms with Gasteiger partial charge in [0.05, 0.1) is 5.95 Å². The first-order valence-electron chi connectivity index (χ1n) is 3.06. The lowest BCUT2D eigenvalue weighted by Gasteiger charge is -2.12. The Bertz CT molecular complexity index is 207. The van der Waals surface area contributed by atoms with E-state index in [0.29, 0.717) is 5.57 Å². The Hall–Kier alpha value is -1.54. The van der Waals surface area contributed by atoms with Crippen LogP contribution >= 0.6 is 0 Å². The lowest BCUT2D eigenvalue weighted by Crippen LogP contribution is -2.09. The maximum absolute atomic E-state index is 10.8. The molecule has 0 aliphatic rings. The summed E-state index contributed by atoms with van der Waals surface area (Å²) in [7, 11) is 1.30. The predicted molar refractivity (Wildman–Crippen MR) is 40.9 cm³/mol. The van der Waals surface area contributed by atoms with Gasteiger partial charge in [0.15, 0.2) is 0 Å². The van der Waals surface area contributed by atoms with E-state index in [1.165, 1.54) is 7.11 Å². The fourth-order valence-corrected chi connectivity index (χ4v) is 0.598. The highest BCUT2D eigenvalue weighted by atomic mass is 16.6. The smallest absolute Gasteiger partial charge is 0.0521 e. The minimum Gasteiger partial charge on any atom is -0.617 e. The molecule has 2 heteroatoms. The van der Waals surface area contributed by atoms with Gasteiger partial charge < -0.3 is 9.84 Å². The molecule has 0 unspecified atom stereocenters. The van der Waals surface area contributed by atoms with Gasteiger partial charge in [-0.3, -0.25) is 0 Å². The average molecular weight is 149 g/mol. The van der Waals surface area contributed by atoms with Crippen LogP contribution in [0.3, 0.4) is 0 Å².